The van der Waals surface area contributed by atoms with Gasteiger partial charge >= 0.3 is 0 Å². The molecule has 0 aromatic heterocycles. The fraction of sp³-hybridized carbons (Fsp3) is 0.500. The first-order valence-corrected chi connectivity index (χ1v) is 6.49. The molecule has 1 nitrogen and oxygen atoms in total. The van der Waals surface area contributed by atoms with Gasteiger partial charge in [0.25, 0.3) is 0 Å². The van der Waals surface area contributed by atoms with Gasteiger partial charge in [0.15, 0.2) is 0 Å². The van der Waals surface area contributed by atoms with Crippen LogP contribution < -0.4 is 0 Å². The third-order valence-electron chi connectivity index (χ3n) is 3.87. The zero-order valence-electron chi connectivity index (χ0n) is 11.0. The minimum atomic E-state index is -0.384. The second kappa shape index (κ2) is 4.66. The quantitative estimate of drug-likeness (QED) is 0.813. The molecule has 0 aliphatic heterocycles. The van der Waals surface area contributed by atoms with Crippen molar-refractivity contribution in [1.82, 2.24) is 0 Å². The van der Waals surface area contributed by atoms with Crippen LogP contribution >= 0.6 is 0 Å². The molecule has 1 atom stereocenters. The highest BCUT2D eigenvalue weighted by molar-refractivity contribution is 5.72. The van der Waals surface area contributed by atoms with Crippen LogP contribution in [0.2, 0.25) is 0 Å². The second-order valence-corrected chi connectivity index (χ2v) is 5.67. The fourth-order valence-electron chi connectivity index (χ4n) is 2.98. The van der Waals surface area contributed by atoms with Crippen LogP contribution in [-0.2, 0) is 0 Å². The summed E-state index contributed by atoms with van der Waals surface area (Å²) in [5.74, 6) is 0. The van der Waals surface area contributed by atoms with Crippen molar-refractivity contribution >= 4 is 5.57 Å². The molecule has 0 heterocycles. The Balaban J connectivity index is 2.53. The largest absolute Gasteiger partial charge is 0.389 e. The van der Waals surface area contributed by atoms with E-state index in [9.17, 15) is 5.11 Å². The summed E-state index contributed by atoms with van der Waals surface area (Å²) < 4.78 is 0. The van der Waals surface area contributed by atoms with Gasteiger partial charge in [-0.25, -0.2) is 0 Å². The molecule has 1 aromatic carbocycles. The topological polar surface area (TPSA) is 20.2 Å². The number of rotatable bonds is 2. The molecule has 1 heteroatoms. The lowest BCUT2D eigenvalue weighted by atomic mass is 9.81. The number of hydrogen-bond donors (Lipinski definition) is 1. The van der Waals surface area contributed by atoms with E-state index in [1.807, 2.05) is 25.1 Å². The molecule has 1 unspecified atom stereocenters. The highest BCUT2D eigenvalue weighted by Crippen LogP contribution is 2.46. The molecule has 0 radical (unpaired) electrons. The van der Waals surface area contributed by atoms with Crippen molar-refractivity contribution in [3.05, 3.63) is 41.5 Å². The molecule has 17 heavy (non-hydrogen) atoms. The molecular weight excluding hydrogens is 208 g/mol. The molecule has 0 saturated heterocycles. The van der Waals surface area contributed by atoms with Crippen molar-refractivity contribution in [3.8, 4) is 0 Å². The SMILES string of the molecule is CC(O)/C(=C1\CCCC1(C)C)c1ccccc1. The predicted molar refractivity (Wildman–Crippen MR) is 72.7 cm³/mol. The molecular formula is C16H22O. The zero-order valence-corrected chi connectivity index (χ0v) is 11.0. The molecule has 92 valence electrons. The Kier molecular flexibility index (Phi) is 3.39. The Hall–Kier alpha value is -1.08. The third kappa shape index (κ3) is 2.44. The van der Waals surface area contributed by atoms with Gasteiger partial charge in [-0.05, 0) is 42.7 Å². The number of aliphatic hydroxyl groups is 1. The predicted octanol–water partition coefficient (Wildman–Crippen LogP) is 4.03. The van der Waals surface area contributed by atoms with E-state index in [4.69, 9.17) is 0 Å². The summed E-state index contributed by atoms with van der Waals surface area (Å²) in [5.41, 5.74) is 4.00. The van der Waals surface area contributed by atoms with Crippen molar-refractivity contribution in [2.75, 3.05) is 0 Å². The Morgan fingerprint density at radius 3 is 2.35 bits per heavy atom. The lowest BCUT2D eigenvalue weighted by Gasteiger charge is -2.25. The number of hydrogen-bond acceptors (Lipinski definition) is 1. The Labute approximate surface area is 104 Å². The minimum Gasteiger partial charge on any atom is -0.389 e. The first-order chi connectivity index (χ1) is 8.02. The maximum atomic E-state index is 10.1. The summed E-state index contributed by atoms with van der Waals surface area (Å²) in [6.45, 7) is 6.46. The van der Waals surface area contributed by atoms with Crippen LogP contribution in [-0.4, -0.2) is 11.2 Å². The van der Waals surface area contributed by atoms with Crippen LogP contribution in [0.5, 0.6) is 0 Å². The third-order valence-corrected chi connectivity index (χ3v) is 3.87. The maximum Gasteiger partial charge on any atom is 0.0767 e. The molecule has 0 spiro atoms. The van der Waals surface area contributed by atoms with Crippen molar-refractivity contribution < 1.29 is 5.11 Å². The number of benzene rings is 1. The fourth-order valence-corrected chi connectivity index (χ4v) is 2.98. The molecule has 1 aliphatic carbocycles. The van der Waals surface area contributed by atoms with E-state index in [-0.39, 0.29) is 11.5 Å². The smallest absolute Gasteiger partial charge is 0.0767 e. The standard InChI is InChI=1S/C16H22O/c1-12(17)15(13-8-5-4-6-9-13)14-10-7-11-16(14,2)3/h4-6,8-9,12,17H,7,10-11H2,1-3H3/b15-14-. The number of allylic oxidation sites excluding steroid dienone is 1. The van der Waals surface area contributed by atoms with E-state index in [1.165, 1.54) is 24.0 Å². The average molecular weight is 230 g/mol. The molecule has 1 fully saturated rings. The van der Waals surface area contributed by atoms with Gasteiger partial charge in [0.05, 0.1) is 6.10 Å². The number of aliphatic hydroxyl groups excluding tert-OH is 1. The van der Waals surface area contributed by atoms with E-state index in [2.05, 4.69) is 26.0 Å². The van der Waals surface area contributed by atoms with Crippen LogP contribution in [0.25, 0.3) is 5.57 Å². The molecule has 2 rings (SSSR count). The average Bonchev–Trinajstić information content (AvgIpc) is 2.60. The highest BCUT2D eigenvalue weighted by atomic mass is 16.3. The van der Waals surface area contributed by atoms with Gasteiger partial charge in [0.2, 0.25) is 0 Å². The van der Waals surface area contributed by atoms with Gasteiger partial charge < -0.3 is 5.11 Å². The Morgan fingerprint density at radius 2 is 1.88 bits per heavy atom. The van der Waals surface area contributed by atoms with Gasteiger partial charge in [-0.1, -0.05) is 49.8 Å². The van der Waals surface area contributed by atoms with Crippen LogP contribution in [0.15, 0.2) is 35.9 Å². The summed E-state index contributed by atoms with van der Waals surface area (Å²) in [5, 5.41) is 10.1. The molecule has 1 N–H and O–H groups in total. The van der Waals surface area contributed by atoms with E-state index in [0.717, 1.165) is 12.0 Å². The van der Waals surface area contributed by atoms with Crippen molar-refractivity contribution in [1.29, 1.82) is 0 Å². The summed E-state index contributed by atoms with van der Waals surface area (Å²) in [6, 6.07) is 10.3. The lowest BCUT2D eigenvalue weighted by molar-refractivity contribution is 0.250. The van der Waals surface area contributed by atoms with Crippen molar-refractivity contribution in [2.24, 2.45) is 5.41 Å². The van der Waals surface area contributed by atoms with E-state index >= 15 is 0 Å². The molecule has 0 amide bonds. The Bertz CT molecular complexity index is 412. The van der Waals surface area contributed by atoms with Gasteiger partial charge in [0, 0.05) is 0 Å². The van der Waals surface area contributed by atoms with Crippen LogP contribution in [0.3, 0.4) is 0 Å². The minimum absolute atomic E-state index is 0.238. The zero-order chi connectivity index (χ0) is 12.5. The van der Waals surface area contributed by atoms with E-state index < -0.39 is 0 Å². The first kappa shape index (κ1) is 12.4. The van der Waals surface area contributed by atoms with Crippen molar-refractivity contribution in [2.45, 2.75) is 46.1 Å². The monoisotopic (exact) mass is 230 g/mol. The highest BCUT2D eigenvalue weighted by Gasteiger charge is 2.32. The summed E-state index contributed by atoms with van der Waals surface area (Å²) in [4.78, 5) is 0. The van der Waals surface area contributed by atoms with Gasteiger partial charge in [-0.15, -0.1) is 0 Å². The lowest BCUT2D eigenvalue weighted by Crippen LogP contribution is -2.15. The molecule has 1 saturated carbocycles. The summed E-state index contributed by atoms with van der Waals surface area (Å²) in [6.07, 6.45) is 3.21. The Morgan fingerprint density at radius 1 is 1.24 bits per heavy atom. The van der Waals surface area contributed by atoms with Crippen LogP contribution in [0.4, 0.5) is 0 Å². The second-order valence-electron chi connectivity index (χ2n) is 5.67. The molecule has 0 bridgehead atoms. The van der Waals surface area contributed by atoms with Crippen LogP contribution in [0, 0.1) is 5.41 Å². The van der Waals surface area contributed by atoms with Gasteiger partial charge in [-0.2, -0.15) is 0 Å². The maximum absolute atomic E-state index is 10.1. The normalized spacial score (nSPS) is 23.5. The molecule has 1 aliphatic rings. The van der Waals surface area contributed by atoms with E-state index in [1.54, 1.807) is 0 Å². The molecule has 1 aromatic rings. The van der Waals surface area contributed by atoms with Gasteiger partial charge in [0.1, 0.15) is 0 Å². The van der Waals surface area contributed by atoms with Gasteiger partial charge in [-0.3, -0.25) is 0 Å². The summed E-state index contributed by atoms with van der Waals surface area (Å²) in [7, 11) is 0. The van der Waals surface area contributed by atoms with Crippen molar-refractivity contribution in [3.63, 3.8) is 0 Å². The summed E-state index contributed by atoms with van der Waals surface area (Å²) >= 11 is 0. The van der Waals surface area contributed by atoms with E-state index in [0.29, 0.717) is 0 Å². The first-order valence-electron chi connectivity index (χ1n) is 6.49. The van der Waals surface area contributed by atoms with Crippen LogP contribution in [0.1, 0.15) is 45.6 Å².